The molecule has 0 amide bonds. The molecule has 0 aliphatic rings. The van der Waals surface area contributed by atoms with Gasteiger partial charge in [0.15, 0.2) is 11.8 Å². The minimum atomic E-state index is 0. The van der Waals surface area contributed by atoms with Crippen molar-refractivity contribution in [2.75, 3.05) is 5.32 Å². The summed E-state index contributed by atoms with van der Waals surface area (Å²) in [5.41, 5.74) is 6.69. The Morgan fingerprint density at radius 1 is 1.36 bits per heavy atom. The molecule has 0 unspecified atom stereocenters. The summed E-state index contributed by atoms with van der Waals surface area (Å²) >= 11 is 0. The van der Waals surface area contributed by atoms with Crippen LogP contribution >= 0.6 is 24.0 Å². The lowest BCUT2D eigenvalue weighted by Crippen LogP contribution is -2.22. The van der Waals surface area contributed by atoms with E-state index in [2.05, 4.69) is 20.5 Å². The molecule has 0 fully saturated rings. The number of hydrogen-bond acceptors (Lipinski definition) is 4. The fourth-order valence-corrected chi connectivity index (χ4v) is 1.68. The summed E-state index contributed by atoms with van der Waals surface area (Å²) < 4.78 is 7.38. The van der Waals surface area contributed by atoms with Crippen molar-refractivity contribution in [3.63, 3.8) is 0 Å². The number of aryl methyl sites for hydroxylation is 1. The highest BCUT2D eigenvalue weighted by atomic mass is 127. The Morgan fingerprint density at radius 3 is 2.59 bits per heavy atom. The van der Waals surface area contributed by atoms with Gasteiger partial charge in [0.1, 0.15) is 18.6 Å². The molecule has 0 aliphatic carbocycles. The van der Waals surface area contributed by atoms with Gasteiger partial charge in [0.05, 0.1) is 6.10 Å². The van der Waals surface area contributed by atoms with Gasteiger partial charge in [0, 0.05) is 12.7 Å². The highest BCUT2D eigenvalue weighted by Crippen LogP contribution is 2.16. The molecule has 0 spiro atoms. The molecule has 2 rings (SSSR count). The Morgan fingerprint density at radius 2 is 2.05 bits per heavy atom. The zero-order valence-corrected chi connectivity index (χ0v) is 15.2. The van der Waals surface area contributed by atoms with Crippen LogP contribution in [0.5, 0.6) is 5.75 Å². The molecule has 0 bridgehead atoms. The van der Waals surface area contributed by atoms with Crippen LogP contribution in [0.4, 0.5) is 5.69 Å². The molecule has 120 valence electrons. The van der Waals surface area contributed by atoms with Gasteiger partial charge in [-0.05, 0) is 38.1 Å². The molecule has 3 N–H and O–H groups in total. The molecule has 7 nitrogen and oxygen atoms in total. The van der Waals surface area contributed by atoms with Gasteiger partial charge >= 0.3 is 0 Å². The van der Waals surface area contributed by atoms with E-state index in [1.165, 1.54) is 0 Å². The first kappa shape index (κ1) is 18.2. The molecule has 22 heavy (non-hydrogen) atoms. The van der Waals surface area contributed by atoms with Gasteiger partial charge in [-0.3, -0.25) is 0 Å². The maximum atomic E-state index is 5.84. The lowest BCUT2D eigenvalue weighted by Gasteiger charge is -2.10. The molecule has 1 aromatic carbocycles. The minimum Gasteiger partial charge on any atom is -0.491 e. The van der Waals surface area contributed by atoms with Gasteiger partial charge in [0.2, 0.25) is 0 Å². The van der Waals surface area contributed by atoms with Gasteiger partial charge in [-0.25, -0.2) is 4.99 Å². The number of rotatable bonds is 5. The third-order valence-electron chi connectivity index (χ3n) is 2.69. The van der Waals surface area contributed by atoms with Crippen molar-refractivity contribution >= 4 is 35.6 Å². The highest BCUT2D eigenvalue weighted by Gasteiger charge is 2.01. The van der Waals surface area contributed by atoms with Crippen molar-refractivity contribution < 1.29 is 4.74 Å². The molecule has 8 heteroatoms. The number of nitrogens with one attached hydrogen (secondary N) is 1. The summed E-state index contributed by atoms with van der Waals surface area (Å²) in [5, 5.41) is 10.7. The summed E-state index contributed by atoms with van der Waals surface area (Å²) in [6, 6.07) is 7.56. The number of anilines is 1. The number of halogens is 1. The first-order valence-electron chi connectivity index (χ1n) is 6.71. The van der Waals surface area contributed by atoms with Crippen LogP contribution < -0.4 is 15.8 Å². The van der Waals surface area contributed by atoms with Gasteiger partial charge < -0.3 is 20.4 Å². The monoisotopic (exact) mass is 416 g/mol. The number of ether oxygens (including phenoxy) is 1. The maximum absolute atomic E-state index is 5.84. The summed E-state index contributed by atoms with van der Waals surface area (Å²) in [5.74, 6) is 1.90. The quantitative estimate of drug-likeness (QED) is 0.443. The summed E-state index contributed by atoms with van der Waals surface area (Å²) in [6.45, 7) is 4.36. The predicted octanol–water partition coefficient (Wildman–Crippen LogP) is 2.15. The SMILES string of the molecule is CC(C)Oc1ccc(NC(N)=NCc2nncn2C)cc1.I. The van der Waals surface area contributed by atoms with E-state index in [-0.39, 0.29) is 30.1 Å². The van der Waals surface area contributed by atoms with Crippen LogP contribution in [0.3, 0.4) is 0 Å². The average molecular weight is 416 g/mol. The van der Waals surface area contributed by atoms with Crippen LogP contribution in [0.1, 0.15) is 19.7 Å². The summed E-state index contributed by atoms with van der Waals surface area (Å²) in [7, 11) is 1.86. The molecule has 2 aromatic rings. The molecule has 0 atom stereocenters. The standard InChI is InChI=1S/C14H20N6O.HI/c1-10(2)21-12-6-4-11(5-7-12)18-14(15)16-8-13-19-17-9-20(13)3;/h4-7,9-10H,8H2,1-3H3,(H3,15,16,18);1H. The lowest BCUT2D eigenvalue weighted by molar-refractivity contribution is 0.242. The third-order valence-corrected chi connectivity index (χ3v) is 2.69. The third kappa shape index (κ3) is 5.51. The number of aromatic nitrogens is 3. The van der Waals surface area contributed by atoms with Crippen LogP contribution in [0, 0.1) is 0 Å². The second kappa shape index (κ2) is 8.57. The average Bonchev–Trinajstić information content (AvgIpc) is 2.84. The molecular weight excluding hydrogens is 395 g/mol. The van der Waals surface area contributed by atoms with E-state index in [1.807, 2.05) is 45.2 Å². The molecule has 0 saturated heterocycles. The highest BCUT2D eigenvalue weighted by molar-refractivity contribution is 14.0. The summed E-state index contributed by atoms with van der Waals surface area (Å²) in [6.07, 6.45) is 1.78. The number of nitrogens with two attached hydrogens (primary N) is 1. The first-order valence-corrected chi connectivity index (χ1v) is 6.71. The van der Waals surface area contributed by atoms with Crippen molar-refractivity contribution in [2.24, 2.45) is 17.8 Å². The zero-order valence-electron chi connectivity index (χ0n) is 12.9. The summed E-state index contributed by atoms with van der Waals surface area (Å²) in [4.78, 5) is 4.22. The van der Waals surface area contributed by atoms with E-state index in [1.54, 1.807) is 10.9 Å². The van der Waals surface area contributed by atoms with E-state index < -0.39 is 0 Å². The van der Waals surface area contributed by atoms with Crippen LogP contribution in [-0.2, 0) is 13.6 Å². The van der Waals surface area contributed by atoms with Crippen molar-refractivity contribution in [1.29, 1.82) is 0 Å². The number of hydrogen-bond donors (Lipinski definition) is 2. The molecule has 1 heterocycles. The lowest BCUT2D eigenvalue weighted by atomic mass is 10.3. The number of nitrogens with zero attached hydrogens (tertiary/aromatic N) is 4. The smallest absolute Gasteiger partial charge is 0.193 e. The van der Waals surface area contributed by atoms with E-state index in [4.69, 9.17) is 10.5 Å². The Balaban J connectivity index is 0.00000242. The van der Waals surface area contributed by atoms with E-state index >= 15 is 0 Å². The van der Waals surface area contributed by atoms with Gasteiger partial charge in [-0.2, -0.15) is 0 Å². The molecule has 1 aromatic heterocycles. The molecule has 0 radical (unpaired) electrons. The largest absolute Gasteiger partial charge is 0.491 e. The van der Waals surface area contributed by atoms with Crippen molar-refractivity contribution in [1.82, 2.24) is 14.8 Å². The zero-order chi connectivity index (χ0) is 15.2. The predicted molar refractivity (Wildman–Crippen MR) is 97.6 cm³/mol. The topological polar surface area (TPSA) is 90.3 Å². The van der Waals surface area contributed by atoms with Crippen LogP contribution in [0.2, 0.25) is 0 Å². The normalized spacial score (nSPS) is 11.2. The molecular formula is C14H21IN6O. The van der Waals surface area contributed by atoms with Crippen molar-refractivity contribution in [2.45, 2.75) is 26.5 Å². The number of aliphatic imine (C=N–C) groups is 1. The first-order chi connectivity index (χ1) is 10.0. The Bertz CT molecular complexity index is 608. The van der Waals surface area contributed by atoms with Crippen molar-refractivity contribution in [3.05, 3.63) is 36.4 Å². The van der Waals surface area contributed by atoms with Gasteiger partial charge in [-0.1, -0.05) is 0 Å². The van der Waals surface area contributed by atoms with E-state index in [9.17, 15) is 0 Å². The number of guanidine groups is 1. The fraction of sp³-hybridized carbons (Fsp3) is 0.357. The van der Waals surface area contributed by atoms with Crippen LogP contribution in [0.25, 0.3) is 0 Å². The van der Waals surface area contributed by atoms with Crippen LogP contribution in [0.15, 0.2) is 35.6 Å². The Labute approximate surface area is 147 Å². The van der Waals surface area contributed by atoms with E-state index in [0.717, 1.165) is 17.3 Å². The molecule has 0 aliphatic heterocycles. The Kier molecular flexibility index (Phi) is 7.09. The van der Waals surface area contributed by atoms with Gasteiger partial charge in [-0.15, -0.1) is 34.2 Å². The second-order valence-corrected chi connectivity index (χ2v) is 4.88. The minimum absolute atomic E-state index is 0. The number of benzene rings is 1. The maximum Gasteiger partial charge on any atom is 0.193 e. The fourth-order valence-electron chi connectivity index (χ4n) is 1.68. The Hall–Kier alpha value is -1.84. The van der Waals surface area contributed by atoms with Gasteiger partial charge in [0.25, 0.3) is 0 Å². The van der Waals surface area contributed by atoms with Crippen LogP contribution in [-0.4, -0.2) is 26.8 Å². The second-order valence-electron chi connectivity index (χ2n) is 4.88. The van der Waals surface area contributed by atoms with Crippen molar-refractivity contribution in [3.8, 4) is 5.75 Å². The molecule has 0 saturated carbocycles. The van der Waals surface area contributed by atoms with E-state index in [0.29, 0.717) is 12.5 Å².